The second-order valence-corrected chi connectivity index (χ2v) is 18.3. The Labute approximate surface area is 375 Å². The van der Waals surface area contributed by atoms with Crippen LogP contribution in [0.3, 0.4) is 0 Å². The summed E-state index contributed by atoms with van der Waals surface area (Å²) in [6, 6.07) is 6.13. The number of carbonyl (C=O) groups excluding carboxylic acids is 3. The van der Waals surface area contributed by atoms with Gasteiger partial charge in [0.2, 0.25) is 5.91 Å². The molecule has 0 spiro atoms. The Bertz CT molecular complexity index is 1710. The number of nitrogens with one attached hydrogen (secondary N) is 3. The van der Waals surface area contributed by atoms with Crippen LogP contribution in [0.2, 0.25) is 0 Å². The number of carboxylic acids is 1. The zero-order valence-electron chi connectivity index (χ0n) is 39.2. The summed E-state index contributed by atoms with van der Waals surface area (Å²) in [5.41, 5.74) is 2.00. The standard InChI is InChI=1S/C47H77N7O7S/c1-12-23-54(34(8)42(32(6)14-3)51-44(56)39-17-15-16-24-52(39)10)40(31(4)5)29-41(60-26-13-2)45-50-38(30-62-45)43(55)49-36(27-33(7)46(57)58)28-35-18-20-37(21-19-35)61-47(59)53(11)25-22-48-9/h18-21,30-33,36,39-42,48H,8,12-17,22-29H2,1-7,9-11H3,(H,49,55)(H,51,56)(H,57,58)/t32-,33-,36+,39+,40+,41+,42-/m0/s1. The minimum absolute atomic E-state index is 0.00218. The largest absolute Gasteiger partial charge is 0.481 e. The maximum atomic E-state index is 13.9. The Kier molecular flexibility index (Phi) is 22.4. The van der Waals surface area contributed by atoms with Gasteiger partial charge >= 0.3 is 12.1 Å². The van der Waals surface area contributed by atoms with Gasteiger partial charge in [-0.3, -0.25) is 19.3 Å². The van der Waals surface area contributed by atoms with Crippen LogP contribution in [0.25, 0.3) is 0 Å². The number of hydrogen-bond acceptors (Lipinski definition) is 11. The van der Waals surface area contributed by atoms with Crippen molar-refractivity contribution >= 4 is 35.2 Å². The Morgan fingerprint density at radius 1 is 1.02 bits per heavy atom. The predicted octanol–water partition coefficient (Wildman–Crippen LogP) is 7.37. The van der Waals surface area contributed by atoms with Gasteiger partial charge in [-0.05, 0) is 88.7 Å². The molecule has 2 aromatic rings. The minimum Gasteiger partial charge on any atom is -0.481 e. The number of benzene rings is 1. The van der Waals surface area contributed by atoms with Gasteiger partial charge in [0.1, 0.15) is 22.6 Å². The number of aromatic nitrogens is 1. The zero-order valence-corrected chi connectivity index (χ0v) is 40.0. The van der Waals surface area contributed by atoms with Crippen molar-refractivity contribution in [1.82, 2.24) is 35.6 Å². The number of likely N-dealkylation sites (N-methyl/N-ethyl adjacent to an activating group) is 3. The third-order valence-corrected chi connectivity index (χ3v) is 12.9. The maximum absolute atomic E-state index is 13.9. The lowest BCUT2D eigenvalue weighted by Gasteiger charge is -2.43. The second kappa shape index (κ2) is 26.5. The van der Waals surface area contributed by atoms with Gasteiger partial charge < -0.3 is 40.3 Å². The van der Waals surface area contributed by atoms with Crippen LogP contribution in [-0.2, 0) is 20.7 Å². The predicted molar refractivity (Wildman–Crippen MR) is 248 cm³/mol. The minimum atomic E-state index is -0.949. The van der Waals surface area contributed by atoms with Crippen molar-refractivity contribution in [3.05, 3.63) is 58.2 Å². The first-order valence-electron chi connectivity index (χ1n) is 22.8. The van der Waals surface area contributed by atoms with Crippen LogP contribution < -0.4 is 20.7 Å². The molecular weight excluding hydrogens is 807 g/mol. The molecule has 0 saturated carbocycles. The molecule has 0 unspecified atom stereocenters. The first-order valence-corrected chi connectivity index (χ1v) is 23.7. The summed E-state index contributed by atoms with van der Waals surface area (Å²) in [5, 5.41) is 21.7. The number of carbonyl (C=O) groups is 4. The van der Waals surface area contributed by atoms with Gasteiger partial charge in [-0.2, -0.15) is 0 Å². The summed E-state index contributed by atoms with van der Waals surface area (Å²) in [5.74, 6) is -1.22. The van der Waals surface area contributed by atoms with Gasteiger partial charge in [-0.15, -0.1) is 11.3 Å². The smallest absolute Gasteiger partial charge is 0.415 e. The molecule has 15 heteroatoms. The third-order valence-electron chi connectivity index (χ3n) is 12.0. The number of aliphatic carboxylic acids is 1. The highest BCUT2D eigenvalue weighted by molar-refractivity contribution is 7.09. The number of nitrogens with zero attached hydrogens (tertiary/aromatic N) is 4. The van der Waals surface area contributed by atoms with E-state index in [9.17, 15) is 24.3 Å². The van der Waals surface area contributed by atoms with Crippen LogP contribution in [0.15, 0.2) is 41.9 Å². The molecule has 1 saturated heterocycles. The van der Waals surface area contributed by atoms with Gasteiger partial charge in [0, 0.05) is 62.9 Å². The number of amides is 3. The molecule has 1 aromatic heterocycles. The quantitative estimate of drug-likeness (QED) is 0.0708. The molecule has 1 fully saturated rings. The Morgan fingerprint density at radius 2 is 1.73 bits per heavy atom. The summed E-state index contributed by atoms with van der Waals surface area (Å²) >= 11 is 1.38. The summed E-state index contributed by atoms with van der Waals surface area (Å²) in [4.78, 5) is 62.9. The molecule has 1 aliphatic heterocycles. The van der Waals surface area contributed by atoms with E-state index in [0.29, 0.717) is 43.3 Å². The molecule has 0 aliphatic carbocycles. The van der Waals surface area contributed by atoms with Crippen molar-refractivity contribution in [2.24, 2.45) is 17.8 Å². The van der Waals surface area contributed by atoms with Gasteiger partial charge in [0.05, 0.1) is 18.0 Å². The summed E-state index contributed by atoms with van der Waals surface area (Å²) in [6.45, 7) is 22.6. The molecule has 14 nitrogen and oxygen atoms in total. The molecule has 348 valence electrons. The normalized spacial score (nSPS) is 17.3. The van der Waals surface area contributed by atoms with Gasteiger partial charge in [-0.1, -0.05) is 80.0 Å². The Balaban J connectivity index is 1.83. The maximum Gasteiger partial charge on any atom is 0.415 e. The van der Waals surface area contributed by atoms with Crippen molar-refractivity contribution in [3.63, 3.8) is 0 Å². The molecule has 7 atom stereocenters. The van der Waals surface area contributed by atoms with Crippen LogP contribution in [0.1, 0.15) is 127 Å². The van der Waals surface area contributed by atoms with Crippen LogP contribution in [0.4, 0.5) is 4.79 Å². The van der Waals surface area contributed by atoms with Crippen molar-refractivity contribution in [3.8, 4) is 5.75 Å². The first kappa shape index (κ1) is 52.3. The molecule has 1 aliphatic rings. The van der Waals surface area contributed by atoms with Crippen LogP contribution in [0.5, 0.6) is 5.75 Å². The Hall–Kier alpha value is -4.05. The lowest BCUT2D eigenvalue weighted by molar-refractivity contribution is -0.141. The van der Waals surface area contributed by atoms with Gasteiger partial charge in [-0.25, -0.2) is 9.78 Å². The number of piperidine rings is 1. The molecule has 3 amide bonds. The van der Waals surface area contributed by atoms with E-state index >= 15 is 0 Å². The highest BCUT2D eigenvalue weighted by atomic mass is 32.1. The monoisotopic (exact) mass is 884 g/mol. The van der Waals surface area contributed by atoms with E-state index in [-0.39, 0.29) is 48.0 Å². The third kappa shape index (κ3) is 15.9. The zero-order chi connectivity index (χ0) is 45.9. The first-order chi connectivity index (χ1) is 29.5. The van der Waals surface area contributed by atoms with E-state index < -0.39 is 36.0 Å². The van der Waals surface area contributed by atoms with E-state index in [2.05, 4.69) is 73.9 Å². The molecule has 1 aromatic carbocycles. The van der Waals surface area contributed by atoms with E-state index in [1.165, 1.54) is 16.2 Å². The van der Waals surface area contributed by atoms with Crippen LogP contribution in [-0.4, -0.2) is 127 Å². The molecule has 0 radical (unpaired) electrons. The summed E-state index contributed by atoms with van der Waals surface area (Å²) in [6.07, 6.45) is 5.90. The van der Waals surface area contributed by atoms with Gasteiger partial charge in [0.15, 0.2) is 0 Å². The molecular formula is C47H77N7O7S. The molecule has 3 rings (SSSR count). The fourth-order valence-corrected chi connectivity index (χ4v) is 8.77. The fraction of sp³-hybridized carbons (Fsp3) is 0.681. The fourth-order valence-electron chi connectivity index (χ4n) is 7.91. The van der Waals surface area contributed by atoms with Crippen LogP contribution in [0, 0.1) is 17.8 Å². The van der Waals surface area contributed by atoms with E-state index in [4.69, 9.17) is 14.5 Å². The van der Waals surface area contributed by atoms with Crippen molar-refractivity contribution < 1.29 is 33.8 Å². The van der Waals surface area contributed by atoms with Gasteiger partial charge in [0.25, 0.3) is 5.91 Å². The van der Waals surface area contributed by atoms with Crippen molar-refractivity contribution in [1.29, 1.82) is 0 Å². The van der Waals surface area contributed by atoms with Crippen molar-refractivity contribution in [2.45, 2.75) is 137 Å². The average molecular weight is 884 g/mol. The Morgan fingerprint density at radius 3 is 2.32 bits per heavy atom. The highest BCUT2D eigenvalue weighted by Crippen LogP contribution is 2.34. The highest BCUT2D eigenvalue weighted by Gasteiger charge is 2.35. The lowest BCUT2D eigenvalue weighted by Crippen LogP contribution is -2.54. The number of likely N-dealkylation sites (tertiary alicyclic amines) is 1. The number of rotatable bonds is 27. The number of thiazole rings is 1. The summed E-state index contributed by atoms with van der Waals surface area (Å²) in [7, 11) is 5.51. The second-order valence-electron chi connectivity index (χ2n) is 17.4. The average Bonchev–Trinajstić information content (AvgIpc) is 3.75. The van der Waals surface area contributed by atoms with Crippen molar-refractivity contribution in [2.75, 3.05) is 53.9 Å². The lowest BCUT2D eigenvalue weighted by atomic mass is 9.90. The number of ether oxygens (including phenoxy) is 2. The molecule has 4 N–H and O–H groups in total. The van der Waals surface area contributed by atoms with E-state index in [1.807, 2.05) is 26.2 Å². The van der Waals surface area contributed by atoms with Crippen LogP contribution >= 0.6 is 11.3 Å². The topological polar surface area (TPSA) is 166 Å². The molecule has 62 heavy (non-hydrogen) atoms. The summed E-state index contributed by atoms with van der Waals surface area (Å²) < 4.78 is 12.0. The SMILES string of the molecule is C=C([C@@H](NC(=O)[C@H]1CCCCN1C)[C@@H](C)CC)N(CCC)[C@H](C[C@@H](OCCC)c1nc(C(=O)N[C@@H](Cc2ccc(OC(=O)N(C)CCNC)cc2)C[C@H](C)C(=O)O)cs1)C(C)C. The number of carboxylic acid groups (broad SMARTS) is 1. The van der Waals surface area contributed by atoms with E-state index in [1.54, 1.807) is 31.5 Å². The molecule has 0 bridgehead atoms. The van der Waals surface area contributed by atoms with E-state index in [0.717, 1.165) is 62.9 Å². The molecule has 2 heterocycles. The number of hydrogen-bond donors (Lipinski definition) is 4.